The minimum atomic E-state index is -3.89. The third kappa shape index (κ3) is 4.14. The Morgan fingerprint density at radius 2 is 1.81 bits per heavy atom. The maximum atomic E-state index is 12.2. The molecule has 2 N–H and O–H groups in total. The van der Waals surface area contributed by atoms with E-state index in [2.05, 4.69) is 30.0 Å². The Labute approximate surface area is 160 Å². The number of aryl methyl sites for hydroxylation is 1. The number of carbonyl (C=O) groups excluding carboxylic acids is 1. The van der Waals surface area contributed by atoms with Crippen LogP contribution in [0.15, 0.2) is 47.4 Å². The third-order valence-electron chi connectivity index (χ3n) is 5.17. The zero-order valence-corrected chi connectivity index (χ0v) is 16.3. The Morgan fingerprint density at radius 1 is 1.15 bits per heavy atom. The van der Waals surface area contributed by atoms with Gasteiger partial charge in [-0.1, -0.05) is 24.3 Å². The lowest BCUT2D eigenvalue weighted by Crippen LogP contribution is -2.34. The number of benzene rings is 2. The number of sulfonamides is 1. The number of anilines is 1. The molecule has 144 valence electrons. The standard InChI is InChI=1S/C20H24N2O4S/c1-14-5-3-4-6-17(14)15-9-11-22(12-10-15)19-8-7-16(27(21,24)25)13-18(19)20(23)26-2/h3-8,13,15H,9-12H2,1-2H3,(H2,21,24,25). The van der Waals surface area contributed by atoms with Crippen molar-refractivity contribution in [1.29, 1.82) is 0 Å². The molecule has 3 rings (SSSR count). The molecule has 0 saturated carbocycles. The second-order valence-corrected chi connectivity index (χ2v) is 8.39. The van der Waals surface area contributed by atoms with Gasteiger partial charge in [-0.15, -0.1) is 0 Å². The number of ether oxygens (including phenoxy) is 1. The monoisotopic (exact) mass is 388 g/mol. The first-order valence-electron chi connectivity index (χ1n) is 8.87. The van der Waals surface area contributed by atoms with E-state index in [1.54, 1.807) is 6.07 Å². The van der Waals surface area contributed by atoms with E-state index in [9.17, 15) is 13.2 Å². The van der Waals surface area contributed by atoms with Crippen molar-refractivity contribution >= 4 is 21.7 Å². The minimum Gasteiger partial charge on any atom is -0.465 e. The molecule has 1 saturated heterocycles. The first kappa shape index (κ1) is 19.4. The van der Waals surface area contributed by atoms with Crippen LogP contribution in [0.2, 0.25) is 0 Å². The Balaban J connectivity index is 1.85. The molecule has 0 aromatic heterocycles. The number of nitrogens with two attached hydrogens (primary N) is 1. The predicted molar refractivity (Wildman–Crippen MR) is 105 cm³/mol. The van der Waals surface area contributed by atoms with E-state index in [-0.39, 0.29) is 10.5 Å². The maximum absolute atomic E-state index is 12.2. The molecule has 7 heteroatoms. The fourth-order valence-corrected chi connectivity index (χ4v) is 4.26. The van der Waals surface area contributed by atoms with Crippen molar-refractivity contribution in [2.24, 2.45) is 5.14 Å². The van der Waals surface area contributed by atoms with Crippen LogP contribution in [0.5, 0.6) is 0 Å². The average molecular weight is 388 g/mol. The number of piperidine rings is 1. The van der Waals surface area contributed by atoms with Crippen LogP contribution in [0.25, 0.3) is 0 Å². The van der Waals surface area contributed by atoms with Crippen molar-refractivity contribution in [2.75, 3.05) is 25.1 Å². The van der Waals surface area contributed by atoms with Crippen molar-refractivity contribution < 1.29 is 17.9 Å². The summed E-state index contributed by atoms with van der Waals surface area (Å²) in [6.45, 7) is 3.68. The second-order valence-electron chi connectivity index (χ2n) is 6.83. The third-order valence-corrected chi connectivity index (χ3v) is 6.08. The van der Waals surface area contributed by atoms with Crippen molar-refractivity contribution in [3.05, 3.63) is 59.2 Å². The molecule has 0 amide bonds. The van der Waals surface area contributed by atoms with Crippen LogP contribution in [-0.2, 0) is 14.8 Å². The molecule has 1 aliphatic heterocycles. The summed E-state index contributed by atoms with van der Waals surface area (Å²) in [6.07, 6.45) is 1.92. The number of hydrogen-bond acceptors (Lipinski definition) is 5. The molecule has 27 heavy (non-hydrogen) atoms. The zero-order chi connectivity index (χ0) is 19.6. The van der Waals surface area contributed by atoms with Crippen LogP contribution in [0.4, 0.5) is 5.69 Å². The van der Waals surface area contributed by atoms with Crippen molar-refractivity contribution in [3.63, 3.8) is 0 Å². The fraction of sp³-hybridized carbons (Fsp3) is 0.350. The van der Waals surface area contributed by atoms with Gasteiger partial charge in [0.05, 0.1) is 23.3 Å². The van der Waals surface area contributed by atoms with Crippen LogP contribution in [-0.4, -0.2) is 34.6 Å². The second kappa shape index (κ2) is 7.70. The van der Waals surface area contributed by atoms with Crippen molar-refractivity contribution in [1.82, 2.24) is 0 Å². The number of rotatable bonds is 4. The smallest absolute Gasteiger partial charge is 0.340 e. The Kier molecular flexibility index (Phi) is 5.53. The van der Waals surface area contributed by atoms with E-state index >= 15 is 0 Å². The molecule has 0 bridgehead atoms. The topological polar surface area (TPSA) is 89.7 Å². The lowest BCUT2D eigenvalue weighted by molar-refractivity contribution is 0.0601. The van der Waals surface area contributed by atoms with E-state index in [1.807, 2.05) is 6.07 Å². The summed E-state index contributed by atoms with van der Waals surface area (Å²) in [5.41, 5.74) is 3.56. The maximum Gasteiger partial charge on any atom is 0.340 e. The largest absolute Gasteiger partial charge is 0.465 e. The molecular weight excluding hydrogens is 364 g/mol. The lowest BCUT2D eigenvalue weighted by Gasteiger charge is -2.35. The fourth-order valence-electron chi connectivity index (χ4n) is 3.72. The van der Waals surface area contributed by atoms with Gasteiger partial charge in [0.15, 0.2) is 0 Å². The number of methoxy groups -OCH3 is 1. The molecule has 1 fully saturated rings. The Morgan fingerprint density at radius 3 is 2.41 bits per heavy atom. The van der Waals surface area contributed by atoms with Crippen LogP contribution in [0, 0.1) is 6.92 Å². The molecule has 2 aromatic carbocycles. The van der Waals surface area contributed by atoms with Gasteiger partial charge >= 0.3 is 5.97 Å². The number of carbonyl (C=O) groups is 1. The number of nitrogens with zero attached hydrogens (tertiary/aromatic N) is 1. The van der Waals surface area contributed by atoms with Crippen molar-refractivity contribution in [3.8, 4) is 0 Å². The molecule has 1 heterocycles. The molecular formula is C20H24N2O4S. The molecule has 0 atom stereocenters. The predicted octanol–water partition coefficient (Wildman–Crippen LogP) is 2.81. The molecule has 2 aromatic rings. The van der Waals surface area contributed by atoms with Crippen LogP contribution in [0.1, 0.15) is 40.2 Å². The van der Waals surface area contributed by atoms with Gasteiger partial charge in [0, 0.05) is 13.1 Å². The average Bonchev–Trinajstić information content (AvgIpc) is 2.67. The van der Waals surface area contributed by atoms with E-state index in [1.165, 1.54) is 30.4 Å². The lowest BCUT2D eigenvalue weighted by atomic mass is 9.86. The van der Waals surface area contributed by atoms with Gasteiger partial charge in [-0.3, -0.25) is 0 Å². The summed E-state index contributed by atoms with van der Waals surface area (Å²) in [5, 5.41) is 5.20. The minimum absolute atomic E-state index is 0.0959. The molecule has 0 aliphatic carbocycles. The summed E-state index contributed by atoms with van der Waals surface area (Å²) in [7, 11) is -2.61. The van der Waals surface area contributed by atoms with Crippen molar-refractivity contribution in [2.45, 2.75) is 30.6 Å². The SMILES string of the molecule is COC(=O)c1cc(S(N)(=O)=O)ccc1N1CCC(c2ccccc2C)CC1. The van der Waals surface area contributed by atoms with Gasteiger partial charge < -0.3 is 9.64 Å². The van der Waals surface area contributed by atoms with Crippen LogP contribution >= 0.6 is 0 Å². The van der Waals surface area contributed by atoms with Gasteiger partial charge in [-0.05, 0) is 55.0 Å². The summed E-state index contributed by atoms with van der Waals surface area (Å²) in [4.78, 5) is 14.2. The first-order chi connectivity index (χ1) is 12.8. The van der Waals surface area contributed by atoms with Gasteiger partial charge in [-0.25, -0.2) is 18.4 Å². The van der Waals surface area contributed by atoms with Crippen LogP contribution in [0.3, 0.4) is 0 Å². The first-order valence-corrected chi connectivity index (χ1v) is 10.4. The van der Waals surface area contributed by atoms with Crippen LogP contribution < -0.4 is 10.0 Å². The highest BCUT2D eigenvalue weighted by molar-refractivity contribution is 7.89. The Bertz CT molecular complexity index is 948. The summed E-state index contributed by atoms with van der Waals surface area (Å²) in [5.74, 6) is -0.0933. The Hall–Kier alpha value is -2.38. The highest BCUT2D eigenvalue weighted by atomic mass is 32.2. The normalized spacial score (nSPS) is 15.6. The highest BCUT2D eigenvalue weighted by Gasteiger charge is 2.26. The molecule has 0 spiro atoms. The van der Waals surface area contributed by atoms with E-state index in [4.69, 9.17) is 9.88 Å². The molecule has 0 radical (unpaired) electrons. The summed E-state index contributed by atoms with van der Waals surface area (Å²) < 4.78 is 28.1. The quantitative estimate of drug-likeness (QED) is 0.814. The summed E-state index contributed by atoms with van der Waals surface area (Å²) >= 11 is 0. The van der Waals surface area contributed by atoms with E-state index in [0.29, 0.717) is 11.6 Å². The van der Waals surface area contributed by atoms with Gasteiger partial charge in [0.25, 0.3) is 0 Å². The zero-order valence-electron chi connectivity index (χ0n) is 15.5. The molecule has 0 unspecified atom stereocenters. The van der Waals surface area contributed by atoms with Gasteiger partial charge in [0.1, 0.15) is 0 Å². The van der Waals surface area contributed by atoms with Gasteiger partial charge in [0.2, 0.25) is 10.0 Å². The number of esters is 1. The molecule has 1 aliphatic rings. The summed E-state index contributed by atoms with van der Waals surface area (Å²) in [6, 6.07) is 12.8. The van der Waals surface area contributed by atoms with E-state index in [0.717, 1.165) is 25.9 Å². The molecule has 6 nitrogen and oxygen atoms in total. The highest BCUT2D eigenvalue weighted by Crippen LogP contribution is 2.34. The van der Waals surface area contributed by atoms with Gasteiger partial charge in [-0.2, -0.15) is 0 Å². The van der Waals surface area contributed by atoms with E-state index < -0.39 is 16.0 Å². The number of primary sulfonamides is 1. The number of hydrogen-bond donors (Lipinski definition) is 1.